The minimum absolute atomic E-state index is 0.161. The molecule has 2 rings (SSSR count). The SMILES string of the molecule is Cc1ncc(N)cc1C(=O)NCCc1nccn1C. The Morgan fingerprint density at radius 1 is 1.47 bits per heavy atom. The second-order valence-corrected chi connectivity index (χ2v) is 4.36. The molecule has 100 valence electrons. The first kappa shape index (κ1) is 13.1. The second kappa shape index (κ2) is 5.51. The van der Waals surface area contributed by atoms with Crippen LogP contribution in [-0.2, 0) is 13.5 Å². The first-order valence-electron chi connectivity index (χ1n) is 6.04. The molecular weight excluding hydrogens is 242 g/mol. The van der Waals surface area contributed by atoms with E-state index in [2.05, 4.69) is 15.3 Å². The Bertz CT molecular complexity index is 590. The third-order valence-corrected chi connectivity index (χ3v) is 2.91. The number of nitrogen functional groups attached to an aromatic ring is 1. The lowest BCUT2D eigenvalue weighted by atomic mass is 10.2. The number of carbonyl (C=O) groups excluding carboxylic acids is 1. The molecule has 0 saturated heterocycles. The van der Waals surface area contributed by atoms with Gasteiger partial charge in [0.25, 0.3) is 5.91 Å². The average Bonchev–Trinajstić information content (AvgIpc) is 2.78. The molecule has 0 bridgehead atoms. The summed E-state index contributed by atoms with van der Waals surface area (Å²) in [6.45, 7) is 2.31. The Hall–Kier alpha value is -2.37. The van der Waals surface area contributed by atoms with Crippen molar-refractivity contribution in [3.05, 3.63) is 41.7 Å². The van der Waals surface area contributed by atoms with Crippen LogP contribution < -0.4 is 11.1 Å². The van der Waals surface area contributed by atoms with E-state index < -0.39 is 0 Å². The maximum absolute atomic E-state index is 12.0. The number of aryl methyl sites for hydroxylation is 2. The molecule has 2 heterocycles. The van der Waals surface area contributed by atoms with Crippen LogP contribution in [0.3, 0.4) is 0 Å². The van der Waals surface area contributed by atoms with Gasteiger partial charge in [-0.1, -0.05) is 0 Å². The fourth-order valence-electron chi connectivity index (χ4n) is 1.80. The monoisotopic (exact) mass is 259 g/mol. The van der Waals surface area contributed by atoms with Crippen LogP contribution in [0.2, 0.25) is 0 Å². The summed E-state index contributed by atoms with van der Waals surface area (Å²) >= 11 is 0. The molecule has 0 radical (unpaired) electrons. The Kier molecular flexibility index (Phi) is 3.79. The van der Waals surface area contributed by atoms with E-state index in [1.165, 1.54) is 0 Å². The number of rotatable bonds is 4. The van der Waals surface area contributed by atoms with Gasteiger partial charge in [-0.25, -0.2) is 4.98 Å². The molecule has 2 aromatic heterocycles. The molecule has 0 aliphatic carbocycles. The molecule has 3 N–H and O–H groups in total. The second-order valence-electron chi connectivity index (χ2n) is 4.36. The van der Waals surface area contributed by atoms with Gasteiger partial charge >= 0.3 is 0 Å². The summed E-state index contributed by atoms with van der Waals surface area (Å²) < 4.78 is 1.93. The molecule has 0 aliphatic rings. The zero-order valence-electron chi connectivity index (χ0n) is 11.1. The summed E-state index contributed by atoms with van der Waals surface area (Å²) in [6.07, 6.45) is 5.84. The number of hydrogen-bond acceptors (Lipinski definition) is 4. The van der Waals surface area contributed by atoms with Gasteiger partial charge < -0.3 is 15.6 Å². The number of aromatic nitrogens is 3. The first-order chi connectivity index (χ1) is 9.08. The lowest BCUT2D eigenvalue weighted by Gasteiger charge is -2.08. The standard InChI is InChI=1S/C13H17N5O/c1-9-11(7-10(14)8-17-9)13(19)16-4-3-12-15-5-6-18(12)2/h5-8H,3-4,14H2,1-2H3,(H,16,19). The molecule has 0 aromatic carbocycles. The molecule has 0 atom stereocenters. The molecule has 6 nitrogen and oxygen atoms in total. The molecule has 0 fully saturated rings. The Morgan fingerprint density at radius 3 is 2.95 bits per heavy atom. The highest BCUT2D eigenvalue weighted by Crippen LogP contribution is 2.09. The highest BCUT2D eigenvalue weighted by Gasteiger charge is 2.10. The van der Waals surface area contributed by atoms with Crippen LogP contribution in [-0.4, -0.2) is 27.0 Å². The number of pyridine rings is 1. The highest BCUT2D eigenvalue weighted by molar-refractivity contribution is 5.95. The van der Waals surface area contributed by atoms with E-state index in [4.69, 9.17) is 5.73 Å². The van der Waals surface area contributed by atoms with E-state index >= 15 is 0 Å². The van der Waals surface area contributed by atoms with Crippen LogP contribution in [0.5, 0.6) is 0 Å². The van der Waals surface area contributed by atoms with Gasteiger partial charge in [-0.2, -0.15) is 0 Å². The van der Waals surface area contributed by atoms with E-state index in [1.54, 1.807) is 25.4 Å². The zero-order valence-corrected chi connectivity index (χ0v) is 11.1. The van der Waals surface area contributed by atoms with Gasteiger partial charge in [0.15, 0.2) is 0 Å². The van der Waals surface area contributed by atoms with E-state index in [-0.39, 0.29) is 5.91 Å². The predicted octanol–water partition coefficient (Wildman–Crippen LogP) is 0.678. The minimum atomic E-state index is -0.161. The third kappa shape index (κ3) is 3.09. The van der Waals surface area contributed by atoms with Gasteiger partial charge in [-0.05, 0) is 13.0 Å². The molecular formula is C13H17N5O. The number of imidazole rings is 1. The van der Waals surface area contributed by atoms with Gasteiger partial charge in [0.05, 0.1) is 23.1 Å². The van der Waals surface area contributed by atoms with Crippen molar-refractivity contribution in [1.29, 1.82) is 0 Å². The molecule has 0 saturated carbocycles. The highest BCUT2D eigenvalue weighted by atomic mass is 16.1. The fraction of sp³-hybridized carbons (Fsp3) is 0.308. The average molecular weight is 259 g/mol. The summed E-state index contributed by atoms with van der Waals surface area (Å²) in [5, 5.41) is 2.84. The van der Waals surface area contributed by atoms with Crippen LogP contribution in [0.4, 0.5) is 5.69 Å². The van der Waals surface area contributed by atoms with Crippen LogP contribution >= 0.6 is 0 Å². The van der Waals surface area contributed by atoms with Crippen molar-refractivity contribution in [3.8, 4) is 0 Å². The van der Waals surface area contributed by atoms with Gasteiger partial charge in [0.1, 0.15) is 5.82 Å². The fourth-order valence-corrected chi connectivity index (χ4v) is 1.80. The predicted molar refractivity (Wildman–Crippen MR) is 72.6 cm³/mol. The number of nitrogens with one attached hydrogen (secondary N) is 1. The molecule has 2 aromatic rings. The zero-order chi connectivity index (χ0) is 13.8. The molecule has 0 unspecified atom stereocenters. The van der Waals surface area contributed by atoms with E-state index in [9.17, 15) is 4.79 Å². The summed E-state index contributed by atoms with van der Waals surface area (Å²) in [5.41, 5.74) is 7.30. The maximum atomic E-state index is 12.0. The van der Waals surface area contributed by atoms with Gasteiger partial charge in [-0.15, -0.1) is 0 Å². The van der Waals surface area contributed by atoms with Gasteiger partial charge in [0, 0.05) is 32.4 Å². The Balaban J connectivity index is 1.94. The molecule has 19 heavy (non-hydrogen) atoms. The van der Waals surface area contributed by atoms with Crippen molar-refractivity contribution >= 4 is 11.6 Å². The smallest absolute Gasteiger partial charge is 0.253 e. The summed E-state index contributed by atoms with van der Waals surface area (Å²) in [4.78, 5) is 20.3. The molecule has 0 spiro atoms. The van der Waals surface area contributed by atoms with Crippen LogP contribution in [0.15, 0.2) is 24.7 Å². The van der Waals surface area contributed by atoms with Crippen molar-refractivity contribution in [2.24, 2.45) is 7.05 Å². The van der Waals surface area contributed by atoms with E-state index in [0.29, 0.717) is 29.9 Å². The van der Waals surface area contributed by atoms with Crippen molar-refractivity contribution in [2.75, 3.05) is 12.3 Å². The van der Waals surface area contributed by atoms with Crippen molar-refractivity contribution in [3.63, 3.8) is 0 Å². The maximum Gasteiger partial charge on any atom is 0.253 e. The molecule has 6 heteroatoms. The number of nitrogens with zero attached hydrogens (tertiary/aromatic N) is 3. The third-order valence-electron chi connectivity index (χ3n) is 2.91. The number of carbonyl (C=O) groups is 1. The summed E-state index contributed by atoms with van der Waals surface area (Å²) in [6, 6.07) is 1.64. The largest absolute Gasteiger partial charge is 0.397 e. The van der Waals surface area contributed by atoms with Crippen LogP contribution in [0.25, 0.3) is 0 Å². The number of amides is 1. The normalized spacial score (nSPS) is 10.4. The van der Waals surface area contributed by atoms with Crippen LogP contribution in [0.1, 0.15) is 21.9 Å². The van der Waals surface area contributed by atoms with E-state index in [1.807, 2.05) is 17.8 Å². The summed E-state index contributed by atoms with van der Waals surface area (Å²) in [5.74, 6) is 0.772. The topological polar surface area (TPSA) is 85.8 Å². The number of hydrogen-bond donors (Lipinski definition) is 2. The number of nitrogens with two attached hydrogens (primary N) is 1. The summed E-state index contributed by atoms with van der Waals surface area (Å²) in [7, 11) is 1.93. The van der Waals surface area contributed by atoms with E-state index in [0.717, 1.165) is 5.82 Å². The Labute approximate surface area is 111 Å². The first-order valence-corrected chi connectivity index (χ1v) is 6.04. The Morgan fingerprint density at radius 2 is 2.26 bits per heavy atom. The van der Waals surface area contributed by atoms with Crippen molar-refractivity contribution in [2.45, 2.75) is 13.3 Å². The number of anilines is 1. The van der Waals surface area contributed by atoms with Gasteiger partial charge in [-0.3, -0.25) is 9.78 Å². The lowest BCUT2D eigenvalue weighted by molar-refractivity contribution is 0.0953. The quantitative estimate of drug-likeness (QED) is 0.845. The lowest BCUT2D eigenvalue weighted by Crippen LogP contribution is -2.27. The van der Waals surface area contributed by atoms with Crippen molar-refractivity contribution in [1.82, 2.24) is 19.9 Å². The van der Waals surface area contributed by atoms with Gasteiger partial charge in [0.2, 0.25) is 0 Å². The molecule has 1 amide bonds. The molecule has 0 aliphatic heterocycles. The van der Waals surface area contributed by atoms with Crippen molar-refractivity contribution < 1.29 is 4.79 Å². The van der Waals surface area contributed by atoms with Crippen LogP contribution in [0, 0.1) is 6.92 Å². The minimum Gasteiger partial charge on any atom is -0.397 e.